The highest BCUT2D eigenvalue weighted by atomic mass is 32.2. The highest BCUT2D eigenvalue weighted by molar-refractivity contribution is 7.89. The van der Waals surface area contributed by atoms with E-state index in [1.807, 2.05) is 0 Å². The zero-order valence-corrected chi connectivity index (χ0v) is 8.71. The number of phenols is 1. The average Bonchev–Trinajstić information content (AvgIpc) is 2.15. The largest absolute Gasteiger partial charge is 0.507 e. The summed E-state index contributed by atoms with van der Waals surface area (Å²) in [4.78, 5) is 10.9. The van der Waals surface area contributed by atoms with Crippen LogP contribution in [0.15, 0.2) is 23.1 Å². The lowest BCUT2D eigenvalue weighted by atomic mass is 10.2. The van der Waals surface area contributed by atoms with Gasteiger partial charge in [0.1, 0.15) is 11.3 Å². The molecule has 0 unspecified atom stereocenters. The third-order valence-electron chi connectivity index (χ3n) is 1.76. The first kappa shape index (κ1) is 11.5. The fourth-order valence-corrected chi connectivity index (χ4v) is 1.86. The van der Waals surface area contributed by atoms with Crippen LogP contribution >= 0.6 is 0 Å². The Morgan fingerprint density at radius 2 is 2.07 bits per heavy atom. The SMILES string of the molecule is CNC(=O)c1c(O)cccc1S(N)(=O)=O. The summed E-state index contributed by atoms with van der Waals surface area (Å²) in [5, 5.41) is 16.5. The fraction of sp³-hybridized carbons (Fsp3) is 0.125. The van der Waals surface area contributed by atoms with E-state index in [0.717, 1.165) is 6.07 Å². The number of nitrogens with two attached hydrogens (primary N) is 1. The van der Waals surface area contributed by atoms with E-state index in [-0.39, 0.29) is 5.56 Å². The summed E-state index contributed by atoms with van der Waals surface area (Å²) in [5.41, 5.74) is -0.345. The summed E-state index contributed by atoms with van der Waals surface area (Å²) in [6.07, 6.45) is 0. The number of benzene rings is 1. The van der Waals surface area contributed by atoms with Crippen molar-refractivity contribution in [1.82, 2.24) is 5.32 Å². The van der Waals surface area contributed by atoms with Gasteiger partial charge in [0.05, 0.1) is 4.90 Å². The van der Waals surface area contributed by atoms with Crippen molar-refractivity contribution >= 4 is 15.9 Å². The summed E-state index contributed by atoms with van der Waals surface area (Å²) in [6.45, 7) is 0. The number of carbonyl (C=O) groups excluding carboxylic acids is 1. The maximum atomic E-state index is 11.3. The lowest BCUT2D eigenvalue weighted by Gasteiger charge is -2.07. The van der Waals surface area contributed by atoms with Crippen molar-refractivity contribution in [3.05, 3.63) is 23.8 Å². The molecular weight excluding hydrogens is 220 g/mol. The Labute approximate surface area is 86.8 Å². The molecule has 0 aliphatic rings. The normalized spacial score (nSPS) is 11.1. The molecule has 1 rings (SSSR count). The molecule has 82 valence electrons. The molecule has 0 aliphatic carbocycles. The van der Waals surface area contributed by atoms with Crippen LogP contribution < -0.4 is 10.5 Å². The molecule has 0 saturated heterocycles. The molecule has 0 heterocycles. The Bertz CT molecular complexity index is 495. The zero-order chi connectivity index (χ0) is 11.6. The van der Waals surface area contributed by atoms with Gasteiger partial charge in [-0.05, 0) is 12.1 Å². The number of hydrogen-bond acceptors (Lipinski definition) is 4. The van der Waals surface area contributed by atoms with Crippen LogP contribution in [0, 0.1) is 0 Å². The van der Waals surface area contributed by atoms with Gasteiger partial charge in [0.25, 0.3) is 5.91 Å². The van der Waals surface area contributed by atoms with Gasteiger partial charge in [0, 0.05) is 7.05 Å². The predicted octanol–water partition coefficient (Wildman–Crippen LogP) is -0.601. The van der Waals surface area contributed by atoms with Crippen molar-refractivity contribution in [2.24, 2.45) is 5.14 Å². The Morgan fingerprint density at radius 3 is 2.53 bits per heavy atom. The van der Waals surface area contributed by atoms with Crippen LogP contribution in [0.2, 0.25) is 0 Å². The highest BCUT2D eigenvalue weighted by Gasteiger charge is 2.21. The third-order valence-corrected chi connectivity index (χ3v) is 2.72. The van der Waals surface area contributed by atoms with E-state index in [1.54, 1.807) is 0 Å². The maximum Gasteiger partial charge on any atom is 0.256 e. The maximum absolute atomic E-state index is 11.3. The molecule has 0 fully saturated rings. The van der Waals surface area contributed by atoms with Crippen LogP contribution in [0.1, 0.15) is 10.4 Å². The van der Waals surface area contributed by atoms with Crippen molar-refractivity contribution in [3.63, 3.8) is 0 Å². The molecule has 0 aliphatic heterocycles. The number of primary sulfonamides is 1. The van der Waals surface area contributed by atoms with Gasteiger partial charge in [-0.3, -0.25) is 4.79 Å². The summed E-state index contributed by atoms with van der Waals surface area (Å²) < 4.78 is 22.2. The van der Waals surface area contributed by atoms with Gasteiger partial charge in [-0.25, -0.2) is 13.6 Å². The Kier molecular flexibility index (Phi) is 2.96. The van der Waals surface area contributed by atoms with Crippen LogP contribution in [0.25, 0.3) is 0 Å². The number of amides is 1. The number of hydrogen-bond donors (Lipinski definition) is 3. The monoisotopic (exact) mass is 230 g/mol. The average molecular weight is 230 g/mol. The molecule has 15 heavy (non-hydrogen) atoms. The Balaban J connectivity index is 3.54. The molecule has 6 nitrogen and oxygen atoms in total. The number of phenolic OH excluding ortho intramolecular Hbond substituents is 1. The Hall–Kier alpha value is -1.60. The highest BCUT2D eigenvalue weighted by Crippen LogP contribution is 2.23. The molecule has 7 heteroatoms. The first-order chi connectivity index (χ1) is 6.88. The number of sulfonamides is 1. The number of nitrogens with one attached hydrogen (secondary N) is 1. The fourth-order valence-electron chi connectivity index (χ4n) is 1.11. The van der Waals surface area contributed by atoms with Gasteiger partial charge in [0.15, 0.2) is 0 Å². The summed E-state index contributed by atoms with van der Waals surface area (Å²) in [6, 6.07) is 3.65. The van der Waals surface area contributed by atoms with Crippen molar-refractivity contribution < 1.29 is 18.3 Å². The lowest BCUT2D eigenvalue weighted by Crippen LogP contribution is -2.23. The van der Waals surface area contributed by atoms with E-state index in [1.165, 1.54) is 19.2 Å². The quantitative estimate of drug-likeness (QED) is 0.630. The summed E-state index contributed by atoms with van der Waals surface area (Å²) in [5.74, 6) is -1.14. The number of aromatic hydroxyl groups is 1. The number of carbonyl (C=O) groups is 1. The minimum absolute atomic E-state index is 0.345. The molecule has 0 spiro atoms. The van der Waals surface area contributed by atoms with E-state index < -0.39 is 26.6 Å². The zero-order valence-electron chi connectivity index (χ0n) is 7.89. The molecular formula is C8H10N2O4S. The van der Waals surface area contributed by atoms with Crippen LogP contribution in [0.3, 0.4) is 0 Å². The minimum Gasteiger partial charge on any atom is -0.507 e. The van der Waals surface area contributed by atoms with Gasteiger partial charge in [-0.1, -0.05) is 6.07 Å². The summed E-state index contributed by atoms with van der Waals surface area (Å²) in [7, 11) is -2.71. The van der Waals surface area contributed by atoms with Gasteiger partial charge in [-0.2, -0.15) is 0 Å². The first-order valence-corrected chi connectivity index (χ1v) is 5.49. The molecule has 0 aromatic heterocycles. The molecule has 4 N–H and O–H groups in total. The molecule has 1 amide bonds. The molecule has 0 radical (unpaired) electrons. The third kappa shape index (κ3) is 2.25. The van der Waals surface area contributed by atoms with Crippen molar-refractivity contribution in [1.29, 1.82) is 0 Å². The van der Waals surface area contributed by atoms with Gasteiger partial charge in [0.2, 0.25) is 10.0 Å². The molecule has 0 bridgehead atoms. The van der Waals surface area contributed by atoms with Gasteiger partial charge >= 0.3 is 0 Å². The molecule has 1 aromatic rings. The van der Waals surface area contributed by atoms with Crippen LogP contribution in [-0.4, -0.2) is 26.5 Å². The smallest absolute Gasteiger partial charge is 0.256 e. The van der Waals surface area contributed by atoms with E-state index in [9.17, 15) is 18.3 Å². The van der Waals surface area contributed by atoms with E-state index in [4.69, 9.17) is 5.14 Å². The van der Waals surface area contributed by atoms with Crippen LogP contribution in [0.5, 0.6) is 5.75 Å². The van der Waals surface area contributed by atoms with Crippen molar-refractivity contribution in [3.8, 4) is 5.75 Å². The van der Waals surface area contributed by atoms with Gasteiger partial charge < -0.3 is 10.4 Å². The number of rotatable bonds is 2. The van der Waals surface area contributed by atoms with Crippen LogP contribution in [-0.2, 0) is 10.0 Å². The Morgan fingerprint density at radius 1 is 1.47 bits per heavy atom. The predicted molar refractivity (Wildman–Crippen MR) is 52.9 cm³/mol. The van der Waals surface area contributed by atoms with Crippen molar-refractivity contribution in [2.75, 3.05) is 7.05 Å². The standard InChI is InChI=1S/C8H10N2O4S/c1-10-8(12)7-5(11)3-2-4-6(7)15(9,13)14/h2-4,11H,1H3,(H,10,12)(H2,9,13,14). The van der Waals surface area contributed by atoms with E-state index >= 15 is 0 Å². The van der Waals surface area contributed by atoms with Crippen LogP contribution in [0.4, 0.5) is 0 Å². The molecule has 1 aromatic carbocycles. The first-order valence-electron chi connectivity index (χ1n) is 3.94. The lowest BCUT2D eigenvalue weighted by molar-refractivity contribution is 0.0957. The van der Waals surface area contributed by atoms with Crippen molar-refractivity contribution in [2.45, 2.75) is 4.90 Å². The molecule has 0 atom stereocenters. The second-order valence-corrected chi connectivity index (χ2v) is 4.30. The molecule has 0 saturated carbocycles. The summed E-state index contributed by atoms with van der Waals surface area (Å²) >= 11 is 0. The minimum atomic E-state index is -4.03. The van der Waals surface area contributed by atoms with E-state index in [2.05, 4.69) is 5.32 Å². The second kappa shape index (κ2) is 3.87. The van der Waals surface area contributed by atoms with Gasteiger partial charge in [-0.15, -0.1) is 0 Å². The second-order valence-electron chi connectivity index (χ2n) is 2.77. The van der Waals surface area contributed by atoms with E-state index in [0.29, 0.717) is 0 Å². The topological polar surface area (TPSA) is 109 Å².